The van der Waals surface area contributed by atoms with E-state index < -0.39 is 0 Å². The molecule has 2 aromatic rings. The highest BCUT2D eigenvalue weighted by Crippen LogP contribution is 2.37. The molecule has 0 unspecified atom stereocenters. The van der Waals surface area contributed by atoms with Crippen LogP contribution in [0.15, 0.2) is 54.6 Å². The molecule has 0 aliphatic heterocycles. The van der Waals surface area contributed by atoms with Crippen LogP contribution >= 0.6 is 7.92 Å². The van der Waals surface area contributed by atoms with Crippen LogP contribution in [0.2, 0.25) is 0 Å². The lowest BCUT2D eigenvalue weighted by molar-refractivity contribution is 0.483. The lowest BCUT2D eigenvalue weighted by Crippen LogP contribution is -2.06. The van der Waals surface area contributed by atoms with Gasteiger partial charge in [-0.15, -0.1) is 0 Å². The van der Waals surface area contributed by atoms with Gasteiger partial charge in [0.25, 0.3) is 0 Å². The summed E-state index contributed by atoms with van der Waals surface area (Å²) in [6.07, 6.45) is 8.01. The molecule has 0 bridgehead atoms. The zero-order chi connectivity index (χ0) is 15.6. The van der Waals surface area contributed by atoms with Gasteiger partial charge in [0.2, 0.25) is 0 Å². The molecule has 0 aliphatic rings. The predicted molar refractivity (Wildman–Crippen MR) is 99.1 cm³/mol. The van der Waals surface area contributed by atoms with Crippen molar-refractivity contribution in [3.8, 4) is 11.5 Å². The third-order valence-electron chi connectivity index (χ3n) is 3.74. The van der Waals surface area contributed by atoms with Crippen molar-refractivity contribution in [3.05, 3.63) is 54.6 Å². The lowest BCUT2D eigenvalue weighted by atomic mass is 10.3. The molecule has 0 fully saturated rings. The number of hydrogen-bond acceptors (Lipinski definition) is 1. The van der Waals surface area contributed by atoms with Crippen LogP contribution in [-0.4, -0.2) is 12.3 Å². The zero-order valence-corrected chi connectivity index (χ0v) is 14.7. The van der Waals surface area contributed by atoms with Crippen LogP contribution in [0.1, 0.15) is 39.5 Å². The summed E-state index contributed by atoms with van der Waals surface area (Å²) in [6, 6.07) is 18.8. The maximum absolute atomic E-state index is 5.88. The Bertz CT molecular complexity index is 513. The fourth-order valence-electron chi connectivity index (χ4n) is 2.42. The molecule has 0 N–H and O–H groups in total. The molecule has 0 amide bonds. The van der Waals surface area contributed by atoms with Crippen LogP contribution in [0, 0.1) is 0 Å². The Morgan fingerprint density at radius 3 is 1.82 bits per heavy atom. The Labute approximate surface area is 136 Å². The molecule has 0 aromatic heterocycles. The lowest BCUT2D eigenvalue weighted by Gasteiger charge is -2.18. The van der Waals surface area contributed by atoms with Gasteiger partial charge in [-0.25, -0.2) is 0 Å². The van der Waals surface area contributed by atoms with Gasteiger partial charge in [0, 0.05) is 0 Å². The summed E-state index contributed by atoms with van der Waals surface area (Å²) in [5.41, 5.74) is 0. The zero-order valence-electron chi connectivity index (χ0n) is 13.8. The van der Waals surface area contributed by atoms with Crippen LogP contribution in [-0.2, 0) is 0 Å². The fourth-order valence-corrected chi connectivity index (χ4v) is 5.12. The molecule has 118 valence electrons. The van der Waals surface area contributed by atoms with Gasteiger partial charge in [-0.05, 0) is 54.7 Å². The molecule has 0 heterocycles. The van der Waals surface area contributed by atoms with E-state index in [4.69, 9.17) is 4.74 Å². The Balaban J connectivity index is 2.01. The molecule has 0 spiro atoms. The SMILES string of the molecule is CCCCP(CCCC)c1ccc(Oc2ccccc2)cc1. The van der Waals surface area contributed by atoms with Crippen molar-refractivity contribution in [2.45, 2.75) is 39.5 Å². The highest BCUT2D eigenvalue weighted by molar-refractivity contribution is 7.65. The second-order valence-corrected chi connectivity index (χ2v) is 8.09. The van der Waals surface area contributed by atoms with Crippen molar-refractivity contribution in [2.24, 2.45) is 0 Å². The summed E-state index contributed by atoms with van der Waals surface area (Å²) in [7, 11) is 0.00525. The molecule has 1 nitrogen and oxygen atoms in total. The third kappa shape index (κ3) is 5.46. The first kappa shape index (κ1) is 17.0. The van der Waals surface area contributed by atoms with Crippen LogP contribution in [0.25, 0.3) is 0 Å². The standard InChI is InChI=1S/C20H27OP/c1-3-5-16-22(17-6-4-2)20-14-12-19(13-15-20)21-18-10-8-7-9-11-18/h7-15H,3-6,16-17H2,1-2H3. The molecule has 0 radical (unpaired) electrons. The van der Waals surface area contributed by atoms with Crippen molar-refractivity contribution >= 4 is 13.2 Å². The Morgan fingerprint density at radius 1 is 0.727 bits per heavy atom. The molecular formula is C20H27OP. The van der Waals surface area contributed by atoms with Crippen molar-refractivity contribution in [3.63, 3.8) is 0 Å². The van der Waals surface area contributed by atoms with Gasteiger partial charge in [0.15, 0.2) is 0 Å². The second-order valence-electron chi connectivity index (χ2n) is 5.60. The number of rotatable bonds is 9. The van der Waals surface area contributed by atoms with E-state index >= 15 is 0 Å². The highest BCUT2D eigenvalue weighted by atomic mass is 31.1. The maximum Gasteiger partial charge on any atom is 0.127 e. The van der Waals surface area contributed by atoms with Crippen LogP contribution < -0.4 is 10.0 Å². The molecule has 0 atom stereocenters. The maximum atomic E-state index is 5.88. The number of ether oxygens (including phenoxy) is 1. The average Bonchev–Trinajstić information content (AvgIpc) is 2.57. The van der Waals surface area contributed by atoms with Gasteiger partial charge in [-0.3, -0.25) is 0 Å². The minimum Gasteiger partial charge on any atom is -0.457 e. The van der Waals surface area contributed by atoms with E-state index in [0.717, 1.165) is 11.5 Å². The molecule has 22 heavy (non-hydrogen) atoms. The Hall–Kier alpha value is -1.33. The van der Waals surface area contributed by atoms with Gasteiger partial charge in [-0.2, -0.15) is 0 Å². The predicted octanol–water partition coefficient (Wildman–Crippen LogP) is 6.19. The molecule has 0 aliphatic carbocycles. The fraction of sp³-hybridized carbons (Fsp3) is 0.400. The van der Waals surface area contributed by atoms with Crippen molar-refractivity contribution in [1.82, 2.24) is 0 Å². The average molecular weight is 314 g/mol. The topological polar surface area (TPSA) is 9.23 Å². The smallest absolute Gasteiger partial charge is 0.127 e. The van der Waals surface area contributed by atoms with E-state index in [-0.39, 0.29) is 7.92 Å². The minimum absolute atomic E-state index is 0.00525. The minimum atomic E-state index is 0.00525. The van der Waals surface area contributed by atoms with E-state index in [1.54, 1.807) is 0 Å². The number of para-hydroxylation sites is 1. The molecular weight excluding hydrogens is 287 g/mol. The summed E-state index contributed by atoms with van der Waals surface area (Å²) in [4.78, 5) is 0. The molecule has 2 aromatic carbocycles. The number of benzene rings is 2. The Kier molecular flexibility index (Phi) is 7.46. The van der Waals surface area contributed by atoms with E-state index in [1.165, 1.54) is 43.3 Å². The first-order valence-electron chi connectivity index (χ1n) is 8.41. The first-order valence-corrected chi connectivity index (χ1v) is 10.1. The van der Waals surface area contributed by atoms with Crippen molar-refractivity contribution in [1.29, 1.82) is 0 Å². The van der Waals surface area contributed by atoms with Crippen LogP contribution in [0.4, 0.5) is 0 Å². The third-order valence-corrected chi connectivity index (χ3v) is 6.48. The van der Waals surface area contributed by atoms with Gasteiger partial charge in [-0.1, -0.05) is 64.9 Å². The molecule has 2 rings (SSSR count). The van der Waals surface area contributed by atoms with E-state index in [1.807, 2.05) is 30.3 Å². The summed E-state index contributed by atoms with van der Waals surface area (Å²) in [5, 5.41) is 1.53. The first-order chi connectivity index (χ1) is 10.8. The van der Waals surface area contributed by atoms with E-state index in [9.17, 15) is 0 Å². The highest BCUT2D eigenvalue weighted by Gasteiger charge is 2.10. The summed E-state index contributed by atoms with van der Waals surface area (Å²) < 4.78 is 5.88. The normalized spacial score (nSPS) is 10.9. The summed E-state index contributed by atoms with van der Waals surface area (Å²) in [5.74, 6) is 1.82. The van der Waals surface area contributed by atoms with Gasteiger partial charge >= 0.3 is 0 Å². The van der Waals surface area contributed by atoms with Crippen molar-refractivity contribution < 1.29 is 4.74 Å². The second kappa shape index (κ2) is 9.64. The number of unbranched alkanes of at least 4 members (excludes halogenated alkanes) is 2. The molecule has 0 saturated carbocycles. The number of hydrogen-bond donors (Lipinski definition) is 0. The van der Waals surface area contributed by atoms with E-state index in [2.05, 4.69) is 38.1 Å². The largest absolute Gasteiger partial charge is 0.457 e. The van der Waals surface area contributed by atoms with Crippen LogP contribution in [0.3, 0.4) is 0 Å². The Morgan fingerprint density at radius 2 is 1.27 bits per heavy atom. The van der Waals surface area contributed by atoms with E-state index in [0.29, 0.717) is 0 Å². The van der Waals surface area contributed by atoms with Gasteiger partial charge in [0.1, 0.15) is 11.5 Å². The quantitative estimate of drug-likeness (QED) is 0.502. The van der Waals surface area contributed by atoms with Gasteiger partial charge < -0.3 is 4.74 Å². The summed E-state index contributed by atoms with van der Waals surface area (Å²) >= 11 is 0. The molecule has 2 heteroatoms. The summed E-state index contributed by atoms with van der Waals surface area (Å²) in [6.45, 7) is 4.56. The van der Waals surface area contributed by atoms with Crippen LogP contribution in [0.5, 0.6) is 11.5 Å². The monoisotopic (exact) mass is 314 g/mol. The van der Waals surface area contributed by atoms with Crippen molar-refractivity contribution in [2.75, 3.05) is 12.3 Å². The van der Waals surface area contributed by atoms with Gasteiger partial charge in [0.05, 0.1) is 0 Å². The molecule has 0 saturated heterocycles.